The van der Waals surface area contributed by atoms with Gasteiger partial charge in [-0.3, -0.25) is 0 Å². The van der Waals surface area contributed by atoms with Crippen molar-refractivity contribution in [3.8, 4) is 0 Å². The molecule has 0 aromatic carbocycles. The number of amides is 2. The largest absolute Gasteiger partial charge is 0.480 e. The third kappa shape index (κ3) is 4.37. The van der Waals surface area contributed by atoms with Gasteiger partial charge in [-0.05, 0) is 0 Å². The molecule has 1 unspecified atom stereocenters. The smallest absolute Gasteiger partial charge is 0.326 e. The van der Waals surface area contributed by atoms with E-state index in [-0.39, 0.29) is 25.4 Å². The maximum atomic E-state index is 11.4. The van der Waals surface area contributed by atoms with Gasteiger partial charge in [0.15, 0.2) is 5.82 Å². The predicted octanol–water partition coefficient (Wildman–Crippen LogP) is -0.987. The zero-order chi connectivity index (χ0) is 13.5. The van der Waals surface area contributed by atoms with Crippen molar-refractivity contribution in [3.63, 3.8) is 0 Å². The van der Waals surface area contributed by atoms with E-state index in [9.17, 15) is 9.59 Å². The molecule has 9 heteroatoms. The number of carbonyl (C=O) groups excluding carboxylic acids is 1. The molecule has 18 heavy (non-hydrogen) atoms. The number of hydrogen-bond acceptors (Lipinski definition) is 6. The first-order valence-corrected chi connectivity index (χ1v) is 5.20. The Morgan fingerprint density at radius 2 is 2.22 bits per heavy atom. The topological polar surface area (TPSA) is 138 Å². The van der Waals surface area contributed by atoms with Crippen LogP contribution in [0, 0.1) is 6.92 Å². The van der Waals surface area contributed by atoms with Gasteiger partial charge < -0.3 is 25.4 Å². The number of aliphatic carboxylic acids is 1. The standard InChI is InChI=1S/C9H14N4O5/c1-5-11-7(13-18-5)4-10-9(17)12-6(2-3-14)8(15)16/h6,14H,2-4H2,1H3,(H,15,16)(H2,10,12,17). The lowest BCUT2D eigenvalue weighted by atomic mass is 10.2. The lowest BCUT2D eigenvalue weighted by Crippen LogP contribution is -2.46. The van der Waals surface area contributed by atoms with Gasteiger partial charge in [0.1, 0.15) is 6.04 Å². The van der Waals surface area contributed by atoms with E-state index in [0.29, 0.717) is 5.89 Å². The number of nitrogens with one attached hydrogen (secondary N) is 2. The highest BCUT2D eigenvalue weighted by Gasteiger charge is 2.19. The second kappa shape index (κ2) is 6.55. The van der Waals surface area contributed by atoms with Crippen LogP contribution in [0.3, 0.4) is 0 Å². The molecule has 0 aliphatic carbocycles. The molecule has 0 fully saturated rings. The number of carbonyl (C=O) groups is 2. The number of aromatic nitrogens is 2. The van der Waals surface area contributed by atoms with Crippen molar-refractivity contribution < 1.29 is 24.3 Å². The van der Waals surface area contributed by atoms with Crippen LogP contribution in [0.15, 0.2) is 4.52 Å². The Kier molecular flexibility index (Phi) is 5.06. The molecule has 100 valence electrons. The third-order valence-electron chi connectivity index (χ3n) is 2.00. The van der Waals surface area contributed by atoms with Gasteiger partial charge in [0.05, 0.1) is 6.54 Å². The van der Waals surface area contributed by atoms with E-state index < -0.39 is 18.0 Å². The first-order chi connectivity index (χ1) is 8.52. The third-order valence-corrected chi connectivity index (χ3v) is 2.00. The maximum absolute atomic E-state index is 11.4. The Morgan fingerprint density at radius 1 is 1.50 bits per heavy atom. The maximum Gasteiger partial charge on any atom is 0.326 e. The first-order valence-electron chi connectivity index (χ1n) is 5.20. The molecule has 1 aromatic heterocycles. The summed E-state index contributed by atoms with van der Waals surface area (Å²) >= 11 is 0. The van der Waals surface area contributed by atoms with Gasteiger partial charge in [-0.15, -0.1) is 0 Å². The minimum Gasteiger partial charge on any atom is -0.480 e. The van der Waals surface area contributed by atoms with Gasteiger partial charge in [0, 0.05) is 20.0 Å². The van der Waals surface area contributed by atoms with Crippen LogP contribution in [0.2, 0.25) is 0 Å². The monoisotopic (exact) mass is 258 g/mol. The van der Waals surface area contributed by atoms with Crippen LogP contribution in [-0.2, 0) is 11.3 Å². The van der Waals surface area contributed by atoms with E-state index in [1.807, 2.05) is 0 Å². The highest BCUT2D eigenvalue weighted by atomic mass is 16.5. The number of nitrogens with zero attached hydrogens (tertiary/aromatic N) is 2. The number of carboxylic acid groups (broad SMARTS) is 1. The van der Waals surface area contributed by atoms with Crippen molar-refractivity contribution in [2.75, 3.05) is 6.61 Å². The van der Waals surface area contributed by atoms with Gasteiger partial charge in [-0.1, -0.05) is 5.16 Å². The van der Waals surface area contributed by atoms with Gasteiger partial charge in [0.2, 0.25) is 5.89 Å². The lowest BCUT2D eigenvalue weighted by Gasteiger charge is -2.13. The Bertz CT molecular complexity index is 419. The molecule has 1 rings (SSSR count). The zero-order valence-electron chi connectivity index (χ0n) is 9.71. The van der Waals surface area contributed by atoms with Crippen LogP contribution in [0.25, 0.3) is 0 Å². The summed E-state index contributed by atoms with van der Waals surface area (Å²) in [6.45, 7) is 1.30. The van der Waals surface area contributed by atoms with E-state index in [1.165, 1.54) is 0 Å². The average Bonchev–Trinajstić information content (AvgIpc) is 2.72. The van der Waals surface area contributed by atoms with Crippen LogP contribution in [0.4, 0.5) is 4.79 Å². The summed E-state index contributed by atoms with van der Waals surface area (Å²) in [5.74, 6) is -0.554. The second-order valence-electron chi connectivity index (χ2n) is 3.46. The van der Waals surface area contributed by atoms with Gasteiger partial charge in [-0.25, -0.2) is 9.59 Å². The molecule has 0 aliphatic rings. The number of hydrogen-bond donors (Lipinski definition) is 4. The number of rotatable bonds is 6. The summed E-state index contributed by atoms with van der Waals surface area (Å²) in [4.78, 5) is 25.9. The molecule has 1 aromatic rings. The summed E-state index contributed by atoms with van der Waals surface area (Å²) in [5, 5.41) is 25.5. The van der Waals surface area contributed by atoms with Gasteiger partial charge >= 0.3 is 12.0 Å². The number of aliphatic hydroxyl groups excluding tert-OH is 1. The number of aryl methyl sites for hydroxylation is 1. The van der Waals surface area contributed by atoms with Gasteiger partial charge in [-0.2, -0.15) is 4.98 Å². The van der Waals surface area contributed by atoms with E-state index in [1.54, 1.807) is 6.92 Å². The fraction of sp³-hybridized carbons (Fsp3) is 0.556. The summed E-state index contributed by atoms with van der Waals surface area (Å²) in [7, 11) is 0. The summed E-state index contributed by atoms with van der Waals surface area (Å²) < 4.78 is 4.69. The predicted molar refractivity (Wildman–Crippen MR) is 57.5 cm³/mol. The SMILES string of the molecule is Cc1nc(CNC(=O)NC(CCO)C(=O)O)no1. The Hall–Kier alpha value is -2.16. The molecule has 0 saturated carbocycles. The van der Waals surface area contributed by atoms with E-state index in [0.717, 1.165) is 0 Å². The van der Waals surface area contributed by atoms with Crippen LogP contribution >= 0.6 is 0 Å². The fourth-order valence-corrected chi connectivity index (χ4v) is 1.17. The Morgan fingerprint density at radius 3 is 2.72 bits per heavy atom. The molecule has 1 atom stereocenters. The van der Waals surface area contributed by atoms with Crippen LogP contribution in [0.5, 0.6) is 0 Å². The highest BCUT2D eigenvalue weighted by Crippen LogP contribution is 1.95. The first kappa shape index (κ1) is 13.9. The van der Waals surface area contributed by atoms with Crippen molar-refractivity contribution >= 4 is 12.0 Å². The number of urea groups is 1. The summed E-state index contributed by atoms with van der Waals surface area (Å²) in [6.07, 6.45) is -0.0654. The molecule has 9 nitrogen and oxygen atoms in total. The minimum atomic E-state index is -1.21. The molecule has 1 heterocycles. The number of aliphatic hydroxyl groups is 1. The lowest BCUT2D eigenvalue weighted by molar-refractivity contribution is -0.139. The van der Waals surface area contributed by atoms with E-state index in [4.69, 9.17) is 14.7 Å². The summed E-state index contributed by atoms with van der Waals surface area (Å²) in [5.41, 5.74) is 0. The van der Waals surface area contributed by atoms with Crippen LogP contribution < -0.4 is 10.6 Å². The highest BCUT2D eigenvalue weighted by molar-refractivity contribution is 5.82. The zero-order valence-corrected chi connectivity index (χ0v) is 9.71. The van der Waals surface area contributed by atoms with Crippen molar-refractivity contribution in [2.45, 2.75) is 25.9 Å². The molecule has 0 saturated heterocycles. The molecule has 4 N–H and O–H groups in total. The summed E-state index contributed by atoms with van der Waals surface area (Å²) in [6, 6.07) is -1.82. The van der Waals surface area contributed by atoms with Crippen molar-refractivity contribution in [2.24, 2.45) is 0 Å². The van der Waals surface area contributed by atoms with E-state index in [2.05, 4.69) is 20.8 Å². The van der Waals surface area contributed by atoms with Crippen molar-refractivity contribution in [3.05, 3.63) is 11.7 Å². The van der Waals surface area contributed by atoms with Crippen LogP contribution in [-0.4, -0.2) is 45.0 Å². The van der Waals surface area contributed by atoms with Crippen LogP contribution in [0.1, 0.15) is 18.1 Å². The molecule has 0 radical (unpaired) electrons. The molecule has 0 aliphatic heterocycles. The molecule has 0 spiro atoms. The van der Waals surface area contributed by atoms with Crippen molar-refractivity contribution in [1.29, 1.82) is 0 Å². The molecule has 0 bridgehead atoms. The van der Waals surface area contributed by atoms with Gasteiger partial charge in [0.25, 0.3) is 0 Å². The second-order valence-corrected chi connectivity index (χ2v) is 3.46. The number of carboxylic acids is 1. The molecule has 2 amide bonds. The Balaban J connectivity index is 2.38. The average molecular weight is 258 g/mol. The normalized spacial score (nSPS) is 11.9. The quantitative estimate of drug-likeness (QED) is 0.514. The minimum absolute atomic E-state index is 0.0225. The van der Waals surface area contributed by atoms with Crippen molar-refractivity contribution in [1.82, 2.24) is 20.8 Å². The Labute approximate surface area is 102 Å². The molecular formula is C9H14N4O5. The van der Waals surface area contributed by atoms with E-state index >= 15 is 0 Å². The fourth-order valence-electron chi connectivity index (χ4n) is 1.17. The molecular weight excluding hydrogens is 244 g/mol.